The van der Waals surface area contributed by atoms with Crippen molar-refractivity contribution in [3.05, 3.63) is 81.6 Å². The highest BCUT2D eigenvalue weighted by Gasteiger charge is 2.23. The number of pyridine rings is 1. The minimum atomic E-state index is -0.965. The van der Waals surface area contributed by atoms with Gasteiger partial charge in [0.2, 0.25) is 0 Å². The lowest BCUT2D eigenvalue weighted by molar-refractivity contribution is -0.131. The van der Waals surface area contributed by atoms with E-state index in [0.717, 1.165) is 55.5 Å². The Kier molecular flexibility index (Phi) is 8.54. The molecule has 37 heavy (non-hydrogen) atoms. The van der Waals surface area contributed by atoms with Crippen LogP contribution in [-0.4, -0.2) is 42.3 Å². The fourth-order valence-corrected chi connectivity index (χ4v) is 4.83. The van der Waals surface area contributed by atoms with E-state index in [4.69, 9.17) is 20.1 Å². The fourth-order valence-electron chi connectivity index (χ4n) is 4.24. The van der Waals surface area contributed by atoms with E-state index in [2.05, 4.69) is 26.1 Å². The number of carboxylic acid groups (broad SMARTS) is 1. The molecule has 3 aromatic rings. The van der Waals surface area contributed by atoms with Crippen LogP contribution in [0.2, 0.25) is 0 Å². The number of anilines is 1. The molecule has 2 heterocycles. The molecule has 0 amide bonds. The number of nitrogens with zero attached hydrogens (tertiary/aromatic N) is 3. The van der Waals surface area contributed by atoms with Gasteiger partial charge in [-0.3, -0.25) is 0 Å². The zero-order chi connectivity index (χ0) is 26.4. The molecule has 2 N–H and O–H groups in total. The molecule has 1 fully saturated rings. The van der Waals surface area contributed by atoms with Gasteiger partial charge in [0.15, 0.2) is 0 Å². The van der Waals surface area contributed by atoms with Crippen molar-refractivity contribution in [2.45, 2.75) is 25.4 Å². The number of methoxy groups -OCH3 is 1. The highest BCUT2D eigenvalue weighted by molar-refractivity contribution is 9.10. The molecule has 2 aromatic carbocycles. The summed E-state index contributed by atoms with van der Waals surface area (Å²) in [6.45, 7) is 2.33. The van der Waals surface area contributed by atoms with Gasteiger partial charge in [0.25, 0.3) is 0 Å². The van der Waals surface area contributed by atoms with Crippen LogP contribution < -0.4 is 15.0 Å². The average Bonchev–Trinajstić information content (AvgIpc) is 2.91. The SMILES string of the molecule is COc1cc(N2CCC(NCc3ccc(/C=C/C(=O)O)cc3)CC2)nc(-c2ccc(C#N)c(F)c2)c1Br. The topological polar surface area (TPSA) is 98.5 Å². The van der Waals surface area contributed by atoms with Crippen molar-refractivity contribution in [1.82, 2.24) is 10.3 Å². The maximum absolute atomic E-state index is 14.3. The molecule has 4 rings (SSSR count). The van der Waals surface area contributed by atoms with Gasteiger partial charge in [-0.2, -0.15) is 5.26 Å². The Labute approximate surface area is 223 Å². The molecule has 0 aliphatic carbocycles. The second kappa shape index (κ2) is 12.0. The lowest BCUT2D eigenvalue weighted by Gasteiger charge is -2.34. The third-order valence-electron chi connectivity index (χ3n) is 6.31. The standard InChI is InChI=1S/C28H26BrFN4O3/c1-37-24-15-25(33-28(27(24)29)20-7-8-21(16-31)23(30)14-20)34-12-10-22(11-13-34)32-17-19-4-2-18(3-5-19)6-9-26(35)36/h2-9,14-15,22,32H,10-13,17H2,1H3,(H,35,36)/b9-6+. The van der Waals surface area contributed by atoms with Crippen LogP contribution in [0.15, 0.2) is 59.1 Å². The van der Waals surface area contributed by atoms with Gasteiger partial charge >= 0.3 is 5.97 Å². The molecule has 9 heteroatoms. The summed E-state index contributed by atoms with van der Waals surface area (Å²) in [6, 6.07) is 16.3. The number of hydrogen-bond acceptors (Lipinski definition) is 6. The zero-order valence-electron chi connectivity index (χ0n) is 20.2. The highest BCUT2D eigenvalue weighted by Crippen LogP contribution is 2.38. The van der Waals surface area contributed by atoms with Gasteiger partial charge in [-0.1, -0.05) is 30.3 Å². The predicted octanol–water partition coefficient (Wildman–Crippen LogP) is 5.39. The quantitative estimate of drug-likeness (QED) is 0.354. The minimum absolute atomic E-state index is 0.0106. The van der Waals surface area contributed by atoms with Gasteiger partial charge in [0.1, 0.15) is 23.5 Å². The number of aromatic nitrogens is 1. The largest absolute Gasteiger partial charge is 0.495 e. The van der Waals surface area contributed by atoms with Gasteiger partial charge in [-0.15, -0.1) is 0 Å². The predicted molar refractivity (Wildman–Crippen MR) is 144 cm³/mol. The third-order valence-corrected chi connectivity index (χ3v) is 7.07. The molecule has 190 valence electrons. The minimum Gasteiger partial charge on any atom is -0.495 e. The summed E-state index contributed by atoms with van der Waals surface area (Å²) in [6.07, 6.45) is 4.56. The Morgan fingerprint density at radius 3 is 2.62 bits per heavy atom. The van der Waals surface area contributed by atoms with Crippen molar-refractivity contribution >= 4 is 33.8 Å². The number of piperidine rings is 1. The van der Waals surface area contributed by atoms with Crippen molar-refractivity contribution in [3.63, 3.8) is 0 Å². The molecule has 1 saturated heterocycles. The maximum atomic E-state index is 14.3. The highest BCUT2D eigenvalue weighted by atomic mass is 79.9. The van der Waals surface area contributed by atoms with Gasteiger partial charge in [0, 0.05) is 43.4 Å². The van der Waals surface area contributed by atoms with Gasteiger partial charge < -0.3 is 20.1 Å². The van der Waals surface area contributed by atoms with E-state index in [1.54, 1.807) is 19.3 Å². The molecule has 1 aromatic heterocycles. The normalized spacial score (nSPS) is 14.1. The molecule has 0 radical (unpaired) electrons. The van der Waals surface area contributed by atoms with E-state index in [-0.39, 0.29) is 5.56 Å². The molecule has 1 aliphatic rings. The number of nitriles is 1. The van der Waals surface area contributed by atoms with Crippen LogP contribution in [-0.2, 0) is 11.3 Å². The van der Waals surface area contributed by atoms with Crippen LogP contribution in [0.5, 0.6) is 5.75 Å². The van der Waals surface area contributed by atoms with Crippen molar-refractivity contribution < 1.29 is 19.0 Å². The van der Waals surface area contributed by atoms with E-state index >= 15 is 0 Å². The molecule has 0 spiro atoms. The molecule has 7 nitrogen and oxygen atoms in total. The summed E-state index contributed by atoms with van der Waals surface area (Å²) >= 11 is 3.53. The van der Waals surface area contributed by atoms with Gasteiger partial charge in [0.05, 0.1) is 22.8 Å². The van der Waals surface area contributed by atoms with Crippen LogP contribution in [0.3, 0.4) is 0 Å². The number of nitrogens with one attached hydrogen (secondary N) is 1. The van der Waals surface area contributed by atoms with E-state index in [1.807, 2.05) is 36.4 Å². The van der Waals surface area contributed by atoms with Crippen molar-refractivity contribution in [2.75, 3.05) is 25.1 Å². The zero-order valence-corrected chi connectivity index (χ0v) is 21.8. The number of halogens is 2. The molecule has 0 unspecified atom stereocenters. The maximum Gasteiger partial charge on any atom is 0.328 e. The van der Waals surface area contributed by atoms with Crippen LogP contribution in [0, 0.1) is 17.1 Å². The van der Waals surface area contributed by atoms with Crippen LogP contribution >= 0.6 is 15.9 Å². The average molecular weight is 565 g/mol. The second-order valence-electron chi connectivity index (χ2n) is 8.71. The van der Waals surface area contributed by atoms with E-state index in [1.165, 1.54) is 12.1 Å². The first-order chi connectivity index (χ1) is 17.9. The first kappa shape index (κ1) is 26.3. The fraction of sp³-hybridized carbons (Fsp3) is 0.250. The molecular weight excluding hydrogens is 539 g/mol. The van der Waals surface area contributed by atoms with Crippen molar-refractivity contribution in [3.8, 4) is 23.1 Å². The number of benzene rings is 2. The smallest absolute Gasteiger partial charge is 0.328 e. The van der Waals surface area contributed by atoms with Crippen LogP contribution in [0.1, 0.15) is 29.5 Å². The third kappa shape index (κ3) is 6.53. The number of carbonyl (C=O) groups is 1. The molecule has 0 saturated carbocycles. The first-order valence-corrected chi connectivity index (χ1v) is 12.6. The molecular formula is C28H26BrFN4O3. The summed E-state index contributed by atoms with van der Waals surface area (Å²) in [7, 11) is 1.58. The summed E-state index contributed by atoms with van der Waals surface area (Å²) < 4.78 is 20.5. The number of carboxylic acids is 1. The van der Waals surface area contributed by atoms with E-state index < -0.39 is 11.8 Å². The van der Waals surface area contributed by atoms with E-state index in [0.29, 0.717) is 27.5 Å². The lowest BCUT2D eigenvalue weighted by Crippen LogP contribution is -2.42. The summed E-state index contributed by atoms with van der Waals surface area (Å²) in [5.41, 5.74) is 3.08. The molecule has 0 bridgehead atoms. The summed E-state index contributed by atoms with van der Waals surface area (Å²) in [4.78, 5) is 17.7. The summed E-state index contributed by atoms with van der Waals surface area (Å²) in [5, 5.41) is 21.4. The first-order valence-electron chi connectivity index (χ1n) is 11.8. The van der Waals surface area contributed by atoms with Gasteiger partial charge in [-0.05, 0) is 58.1 Å². The van der Waals surface area contributed by atoms with Crippen LogP contribution in [0.4, 0.5) is 10.2 Å². The Morgan fingerprint density at radius 1 is 1.27 bits per heavy atom. The number of ether oxygens (including phenoxy) is 1. The Bertz CT molecular complexity index is 1350. The van der Waals surface area contributed by atoms with Crippen LogP contribution in [0.25, 0.3) is 17.3 Å². The molecule has 0 atom stereocenters. The number of aliphatic carboxylic acids is 1. The Hall–Kier alpha value is -3.74. The monoisotopic (exact) mass is 564 g/mol. The van der Waals surface area contributed by atoms with Crippen molar-refractivity contribution in [2.24, 2.45) is 0 Å². The second-order valence-corrected chi connectivity index (χ2v) is 9.50. The van der Waals surface area contributed by atoms with Gasteiger partial charge in [-0.25, -0.2) is 14.2 Å². The number of hydrogen-bond donors (Lipinski definition) is 2. The summed E-state index contributed by atoms with van der Waals surface area (Å²) in [5.74, 6) is -0.195. The van der Waals surface area contributed by atoms with E-state index in [9.17, 15) is 9.18 Å². The molecule has 1 aliphatic heterocycles. The number of rotatable bonds is 8. The Balaban J connectivity index is 1.40. The lowest BCUT2D eigenvalue weighted by atomic mass is 10.0. The van der Waals surface area contributed by atoms with Crippen molar-refractivity contribution in [1.29, 1.82) is 5.26 Å². The Morgan fingerprint density at radius 2 is 2.00 bits per heavy atom.